The topological polar surface area (TPSA) is 84.9 Å². The normalized spacial score (nSPS) is 12.1. The van der Waals surface area contributed by atoms with Gasteiger partial charge in [-0.25, -0.2) is 4.79 Å². The molecule has 2 rings (SSSR count). The number of alkyl halides is 3. The third-order valence-electron chi connectivity index (χ3n) is 3.67. The van der Waals surface area contributed by atoms with Gasteiger partial charge in [-0.1, -0.05) is 12.1 Å². The maximum Gasteiger partial charge on any atom is 0.416 e. The molecule has 2 aromatic rings. The molecule has 2 N–H and O–H groups in total. The van der Waals surface area contributed by atoms with Crippen molar-refractivity contribution in [3.63, 3.8) is 0 Å². The molecule has 0 saturated carbocycles. The maximum atomic E-state index is 12.5. The van der Waals surface area contributed by atoms with Gasteiger partial charge in [-0.3, -0.25) is 4.79 Å². The number of halogens is 3. The van der Waals surface area contributed by atoms with E-state index in [1.807, 2.05) is 0 Å². The molecule has 0 fully saturated rings. The lowest BCUT2D eigenvalue weighted by atomic mass is 10.1. The van der Waals surface area contributed by atoms with Gasteiger partial charge < -0.3 is 19.9 Å². The highest BCUT2D eigenvalue weighted by molar-refractivity contribution is 5.78. The van der Waals surface area contributed by atoms with Gasteiger partial charge in [0, 0.05) is 0 Å². The largest absolute Gasteiger partial charge is 0.484 e. The summed E-state index contributed by atoms with van der Waals surface area (Å²) in [6, 6.07) is 10.2. The summed E-state index contributed by atoms with van der Waals surface area (Å²) in [7, 11) is 0. The van der Waals surface area contributed by atoms with E-state index in [9.17, 15) is 22.8 Å². The highest BCUT2D eigenvalue weighted by Gasteiger charge is 2.30. The minimum absolute atomic E-state index is 0.149. The Kier molecular flexibility index (Phi) is 6.86. The number of benzene rings is 2. The van der Waals surface area contributed by atoms with Crippen molar-refractivity contribution in [2.45, 2.75) is 19.1 Å². The summed E-state index contributed by atoms with van der Waals surface area (Å²) in [5, 5.41) is 11.3. The van der Waals surface area contributed by atoms with Crippen LogP contribution in [0.15, 0.2) is 48.5 Å². The van der Waals surface area contributed by atoms with E-state index >= 15 is 0 Å². The molecule has 2 aromatic carbocycles. The Morgan fingerprint density at radius 3 is 1.96 bits per heavy atom. The van der Waals surface area contributed by atoms with Gasteiger partial charge in [-0.2, -0.15) is 13.2 Å². The summed E-state index contributed by atoms with van der Waals surface area (Å²) in [6.07, 6.45) is -4.43. The lowest BCUT2D eigenvalue weighted by Gasteiger charge is -2.15. The third-order valence-corrected chi connectivity index (χ3v) is 3.67. The van der Waals surface area contributed by atoms with Crippen molar-refractivity contribution in [1.29, 1.82) is 0 Å². The first-order valence-electron chi connectivity index (χ1n) is 8.19. The molecule has 0 bridgehead atoms. The molecular formula is C19H18F3NO5. The fraction of sp³-hybridized carbons (Fsp3) is 0.263. The first-order chi connectivity index (χ1) is 13.1. The average molecular weight is 397 g/mol. The lowest BCUT2D eigenvalue weighted by Crippen LogP contribution is -2.31. The second-order valence-corrected chi connectivity index (χ2v) is 5.85. The van der Waals surface area contributed by atoms with Crippen LogP contribution in [-0.2, 0) is 15.8 Å². The van der Waals surface area contributed by atoms with E-state index in [1.165, 1.54) is 0 Å². The van der Waals surface area contributed by atoms with E-state index in [2.05, 4.69) is 5.32 Å². The number of nitrogens with one attached hydrogen (secondary N) is 1. The van der Waals surface area contributed by atoms with Gasteiger partial charge >= 0.3 is 12.1 Å². The second kappa shape index (κ2) is 9.12. The number of carbonyl (C=O) groups excluding carboxylic acids is 1. The van der Waals surface area contributed by atoms with E-state index in [0.717, 1.165) is 29.8 Å². The van der Waals surface area contributed by atoms with Crippen molar-refractivity contribution in [2.75, 3.05) is 13.2 Å². The van der Waals surface area contributed by atoms with Crippen molar-refractivity contribution in [3.05, 3.63) is 59.7 Å². The van der Waals surface area contributed by atoms with Gasteiger partial charge in [0.1, 0.15) is 11.5 Å². The molecule has 0 radical (unpaired) electrons. The Balaban J connectivity index is 1.82. The monoisotopic (exact) mass is 397 g/mol. The molecule has 0 aliphatic rings. The Morgan fingerprint density at radius 2 is 1.46 bits per heavy atom. The predicted octanol–water partition coefficient (Wildman–Crippen LogP) is 3.43. The maximum absolute atomic E-state index is 12.5. The Bertz CT molecular complexity index is 804. The van der Waals surface area contributed by atoms with Gasteiger partial charge in [0.05, 0.1) is 11.6 Å². The number of hydrogen-bond acceptors (Lipinski definition) is 4. The number of ether oxygens (including phenoxy) is 2. The molecule has 0 aromatic heterocycles. The van der Waals surface area contributed by atoms with Crippen molar-refractivity contribution >= 4 is 11.9 Å². The standard InChI is InChI=1S/C19H18F3NO5/c1-12(13-2-6-15(7-3-13)28-11-18(25)26)23-17(24)10-27-16-8-4-14(5-9-16)19(20,21)22/h2-9,12H,10-11H2,1H3,(H,23,24)(H,25,26). The zero-order chi connectivity index (χ0) is 20.7. The molecule has 0 heterocycles. The minimum atomic E-state index is -4.43. The Hall–Kier alpha value is -3.23. The smallest absolute Gasteiger partial charge is 0.416 e. The van der Waals surface area contributed by atoms with Crippen LogP contribution in [0.5, 0.6) is 11.5 Å². The summed E-state index contributed by atoms with van der Waals surface area (Å²) in [4.78, 5) is 22.4. The van der Waals surface area contributed by atoms with E-state index in [4.69, 9.17) is 14.6 Å². The Labute approximate surface area is 158 Å². The first kappa shape index (κ1) is 21.1. The number of carboxylic acid groups (broad SMARTS) is 1. The molecular weight excluding hydrogens is 379 g/mol. The highest BCUT2D eigenvalue weighted by Crippen LogP contribution is 2.30. The molecule has 28 heavy (non-hydrogen) atoms. The quantitative estimate of drug-likeness (QED) is 0.713. The van der Waals surface area contributed by atoms with Crippen LogP contribution in [0.4, 0.5) is 13.2 Å². The molecule has 6 nitrogen and oxygen atoms in total. The molecule has 150 valence electrons. The number of amides is 1. The van der Waals surface area contributed by atoms with Crippen LogP contribution in [0.2, 0.25) is 0 Å². The zero-order valence-electron chi connectivity index (χ0n) is 14.8. The van der Waals surface area contributed by atoms with E-state index in [1.54, 1.807) is 31.2 Å². The zero-order valence-corrected chi connectivity index (χ0v) is 14.8. The van der Waals surface area contributed by atoms with Gasteiger partial charge in [0.2, 0.25) is 0 Å². The molecule has 1 amide bonds. The average Bonchev–Trinajstić information content (AvgIpc) is 2.64. The van der Waals surface area contributed by atoms with E-state index in [0.29, 0.717) is 5.75 Å². The van der Waals surface area contributed by atoms with Crippen LogP contribution in [0, 0.1) is 0 Å². The first-order valence-corrected chi connectivity index (χ1v) is 8.19. The second-order valence-electron chi connectivity index (χ2n) is 5.85. The fourth-order valence-electron chi connectivity index (χ4n) is 2.25. The van der Waals surface area contributed by atoms with Gasteiger partial charge in [0.15, 0.2) is 13.2 Å². The van der Waals surface area contributed by atoms with Crippen molar-refractivity contribution < 1.29 is 37.3 Å². The van der Waals surface area contributed by atoms with Crippen LogP contribution in [-0.4, -0.2) is 30.2 Å². The predicted molar refractivity (Wildman–Crippen MR) is 93.1 cm³/mol. The van der Waals surface area contributed by atoms with Gasteiger partial charge in [-0.05, 0) is 48.9 Å². The number of hydrogen-bond donors (Lipinski definition) is 2. The minimum Gasteiger partial charge on any atom is -0.484 e. The molecule has 9 heteroatoms. The third kappa shape index (κ3) is 6.49. The molecule has 0 aliphatic heterocycles. The van der Waals surface area contributed by atoms with Crippen LogP contribution < -0.4 is 14.8 Å². The highest BCUT2D eigenvalue weighted by atomic mass is 19.4. The molecule has 0 aliphatic carbocycles. The fourth-order valence-corrected chi connectivity index (χ4v) is 2.25. The summed E-state index contributed by atoms with van der Waals surface area (Å²) in [5.74, 6) is -0.998. The number of carboxylic acids is 1. The summed E-state index contributed by atoms with van der Waals surface area (Å²) in [6.45, 7) is 0.936. The van der Waals surface area contributed by atoms with Crippen molar-refractivity contribution in [1.82, 2.24) is 5.32 Å². The molecule has 0 spiro atoms. The van der Waals surface area contributed by atoms with Crippen LogP contribution in [0.25, 0.3) is 0 Å². The van der Waals surface area contributed by atoms with Gasteiger partial charge in [0.25, 0.3) is 5.91 Å². The van der Waals surface area contributed by atoms with Gasteiger partial charge in [-0.15, -0.1) is 0 Å². The molecule has 1 atom stereocenters. The van der Waals surface area contributed by atoms with E-state index in [-0.39, 0.29) is 18.4 Å². The number of carbonyl (C=O) groups is 2. The lowest BCUT2D eigenvalue weighted by molar-refractivity contribution is -0.139. The molecule has 0 saturated heterocycles. The number of rotatable bonds is 8. The van der Waals surface area contributed by atoms with E-state index < -0.39 is 30.2 Å². The molecule has 1 unspecified atom stereocenters. The Morgan fingerprint density at radius 1 is 0.964 bits per heavy atom. The summed E-state index contributed by atoms with van der Waals surface area (Å²) < 4.78 is 47.7. The summed E-state index contributed by atoms with van der Waals surface area (Å²) in [5.41, 5.74) is -0.0424. The summed E-state index contributed by atoms with van der Waals surface area (Å²) >= 11 is 0. The SMILES string of the molecule is CC(NC(=O)COc1ccc(C(F)(F)F)cc1)c1ccc(OCC(=O)O)cc1. The van der Waals surface area contributed by atoms with Crippen LogP contribution >= 0.6 is 0 Å². The van der Waals surface area contributed by atoms with Crippen molar-refractivity contribution in [2.24, 2.45) is 0 Å². The number of aliphatic carboxylic acids is 1. The van der Waals surface area contributed by atoms with Crippen molar-refractivity contribution in [3.8, 4) is 11.5 Å². The van der Waals surface area contributed by atoms with Crippen LogP contribution in [0.1, 0.15) is 24.1 Å². The van der Waals surface area contributed by atoms with Crippen LogP contribution in [0.3, 0.4) is 0 Å².